The fourth-order valence-corrected chi connectivity index (χ4v) is 2.05. The molecule has 1 fully saturated rings. The first-order valence-corrected chi connectivity index (χ1v) is 5.65. The zero-order valence-electron chi connectivity index (χ0n) is 10.3. The van der Waals surface area contributed by atoms with Crippen LogP contribution in [0.15, 0.2) is 0 Å². The highest BCUT2D eigenvalue weighted by molar-refractivity contribution is 5.59. The summed E-state index contributed by atoms with van der Waals surface area (Å²) in [7, 11) is 1.62. The van der Waals surface area contributed by atoms with E-state index in [1.54, 1.807) is 14.0 Å². The van der Waals surface area contributed by atoms with Crippen molar-refractivity contribution >= 4 is 11.5 Å². The van der Waals surface area contributed by atoms with Gasteiger partial charge in [-0.2, -0.15) is 5.10 Å². The number of hydrogen-bond acceptors (Lipinski definition) is 6. The molecule has 0 bridgehead atoms. The van der Waals surface area contributed by atoms with Crippen LogP contribution in [0.4, 0.5) is 11.5 Å². The van der Waals surface area contributed by atoms with Gasteiger partial charge in [-0.25, -0.2) is 4.68 Å². The summed E-state index contributed by atoms with van der Waals surface area (Å²) in [6.45, 7) is 2.53. The van der Waals surface area contributed by atoms with Crippen LogP contribution in [0, 0.1) is 17.0 Å². The minimum Gasteiger partial charge on any atom is -0.386 e. The zero-order valence-corrected chi connectivity index (χ0v) is 10.3. The Hall–Kier alpha value is -1.67. The normalized spacial score (nSPS) is 23.3. The summed E-state index contributed by atoms with van der Waals surface area (Å²) in [5.41, 5.74) is -0.675. The Morgan fingerprint density at radius 2 is 2.44 bits per heavy atom. The van der Waals surface area contributed by atoms with Gasteiger partial charge in [0.15, 0.2) is 0 Å². The second kappa shape index (κ2) is 4.54. The molecule has 1 aliphatic rings. The number of nitrogens with zero attached hydrogens (tertiary/aromatic N) is 3. The van der Waals surface area contributed by atoms with Crippen LogP contribution in [0.5, 0.6) is 0 Å². The predicted molar refractivity (Wildman–Crippen MR) is 63.5 cm³/mol. The van der Waals surface area contributed by atoms with E-state index in [0.29, 0.717) is 24.5 Å². The number of nitrogens with one attached hydrogen (secondary N) is 1. The Balaban J connectivity index is 2.16. The lowest BCUT2D eigenvalue weighted by atomic mass is 10.0. The van der Waals surface area contributed by atoms with Crippen molar-refractivity contribution in [1.82, 2.24) is 9.78 Å². The fourth-order valence-electron chi connectivity index (χ4n) is 2.05. The molecule has 0 saturated carbocycles. The van der Waals surface area contributed by atoms with E-state index in [2.05, 4.69) is 10.4 Å². The smallest absolute Gasteiger partial charge is 0.333 e. The van der Waals surface area contributed by atoms with Crippen molar-refractivity contribution in [3.63, 3.8) is 0 Å². The molecule has 18 heavy (non-hydrogen) atoms. The van der Waals surface area contributed by atoms with Crippen molar-refractivity contribution in [2.24, 2.45) is 7.05 Å². The minimum absolute atomic E-state index is 0.0555. The summed E-state index contributed by atoms with van der Waals surface area (Å²) in [5.74, 6) is 0.304. The largest absolute Gasteiger partial charge is 0.386 e. The molecule has 0 radical (unpaired) electrons. The number of rotatable bonds is 4. The molecule has 2 N–H and O–H groups in total. The Bertz CT molecular complexity index is 465. The van der Waals surface area contributed by atoms with E-state index in [0.717, 1.165) is 0 Å². The maximum absolute atomic E-state index is 11.0. The third-order valence-electron chi connectivity index (χ3n) is 3.04. The van der Waals surface area contributed by atoms with Gasteiger partial charge in [-0.05, 0) is 6.92 Å². The van der Waals surface area contributed by atoms with E-state index in [-0.39, 0.29) is 18.8 Å². The molecule has 0 spiro atoms. The molecular weight excluding hydrogens is 240 g/mol. The Labute approximate surface area is 104 Å². The quantitative estimate of drug-likeness (QED) is 0.589. The zero-order chi connectivity index (χ0) is 13.3. The van der Waals surface area contributed by atoms with E-state index < -0.39 is 10.5 Å². The summed E-state index contributed by atoms with van der Waals surface area (Å²) >= 11 is 0. The maximum Gasteiger partial charge on any atom is 0.333 e. The number of aryl methyl sites for hydroxylation is 2. The van der Waals surface area contributed by atoms with Crippen molar-refractivity contribution in [2.75, 3.05) is 25.1 Å². The standard InChI is InChI=1S/C10H16N4O4/c1-7-8(14(16)17)9(13(2)12-7)11-5-10(15)3-4-18-6-10/h11,15H,3-6H2,1-2H3. The van der Waals surface area contributed by atoms with Crippen LogP contribution in [0.3, 0.4) is 0 Å². The van der Waals surface area contributed by atoms with Crippen LogP contribution >= 0.6 is 0 Å². The van der Waals surface area contributed by atoms with Gasteiger partial charge in [-0.3, -0.25) is 10.1 Å². The third kappa shape index (κ3) is 2.29. The lowest BCUT2D eigenvalue weighted by Crippen LogP contribution is -2.37. The number of aliphatic hydroxyl groups is 1. The molecule has 8 nitrogen and oxygen atoms in total. The van der Waals surface area contributed by atoms with Gasteiger partial charge in [-0.1, -0.05) is 0 Å². The highest BCUT2D eigenvalue weighted by Gasteiger charge is 2.33. The van der Waals surface area contributed by atoms with Gasteiger partial charge in [0.05, 0.1) is 11.5 Å². The van der Waals surface area contributed by atoms with Crippen molar-refractivity contribution in [3.8, 4) is 0 Å². The highest BCUT2D eigenvalue weighted by atomic mass is 16.6. The van der Waals surface area contributed by atoms with Crippen LogP contribution in [0.1, 0.15) is 12.1 Å². The molecule has 0 amide bonds. The van der Waals surface area contributed by atoms with Crippen LogP contribution in [-0.4, -0.2) is 45.2 Å². The molecule has 0 aliphatic carbocycles. The molecule has 0 aromatic carbocycles. The van der Waals surface area contributed by atoms with Gasteiger partial charge in [0, 0.05) is 26.6 Å². The third-order valence-corrected chi connectivity index (χ3v) is 3.04. The average molecular weight is 256 g/mol. The molecular formula is C10H16N4O4. The molecule has 1 atom stereocenters. The van der Waals surface area contributed by atoms with E-state index in [4.69, 9.17) is 4.74 Å². The molecule has 1 aromatic rings. The first-order chi connectivity index (χ1) is 8.43. The topological polar surface area (TPSA) is 102 Å². The Morgan fingerprint density at radius 3 is 3.00 bits per heavy atom. The highest BCUT2D eigenvalue weighted by Crippen LogP contribution is 2.28. The predicted octanol–water partition coefficient (Wildman–Crippen LogP) is 0.200. The van der Waals surface area contributed by atoms with Gasteiger partial charge < -0.3 is 15.2 Å². The molecule has 1 aliphatic heterocycles. The van der Waals surface area contributed by atoms with Crippen molar-refractivity contribution in [2.45, 2.75) is 18.9 Å². The van der Waals surface area contributed by atoms with E-state index in [1.807, 2.05) is 0 Å². The first-order valence-electron chi connectivity index (χ1n) is 5.65. The average Bonchev–Trinajstić information content (AvgIpc) is 2.81. The van der Waals surface area contributed by atoms with E-state index >= 15 is 0 Å². The minimum atomic E-state index is -0.966. The first kappa shape index (κ1) is 12.8. The SMILES string of the molecule is Cc1nn(C)c(NCC2(O)CCOC2)c1[N+](=O)[O-]. The summed E-state index contributed by atoms with van der Waals surface area (Å²) < 4.78 is 6.52. The summed E-state index contributed by atoms with van der Waals surface area (Å²) in [6.07, 6.45) is 0.518. The molecule has 100 valence electrons. The molecule has 1 unspecified atom stereocenters. The van der Waals surface area contributed by atoms with Crippen LogP contribution < -0.4 is 5.32 Å². The van der Waals surface area contributed by atoms with Crippen molar-refractivity contribution in [3.05, 3.63) is 15.8 Å². The summed E-state index contributed by atoms with van der Waals surface area (Å²) in [4.78, 5) is 10.5. The van der Waals surface area contributed by atoms with Crippen LogP contribution in [-0.2, 0) is 11.8 Å². The molecule has 8 heteroatoms. The lowest BCUT2D eigenvalue weighted by molar-refractivity contribution is -0.384. The van der Waals surface area contributed by atoms with Gasteiger partial charge in [0.25, 0.3) is 0 Å². The second-order valence-electron chi connectivity index (χ2n) is 4.54. The van der Waals surface area contributed by atoms with Crippen LogP contribution in [0.2, 0.25) is 0 Å². The molecule has 1 aromatic heterocycles. The monoisotopic (exact) mass is 256 g/mol. The summed E-state index contributed by atoms with van der Waals surface area (Å²) in [6, 6.07) is 0. The van der Waals surface area contributed by atoms with E-state index in [1.165, 1.54) is 4.68 Å². The van der Waals surface area contributed by atoms with Gasteiger partial charge in [0.1, 0.15) is 11.3 Å². The lowest BCUT2D eigenvalue weighted by Gasteiger charge is -2.20. The van der Waals surface area contributed by atoms with Crippen molar-refractivity contribution < 1.29 is 14.8 Å². The number of nitro groups is 1. The maximum atomic E-state index is 11.0. The second-order valence-corrected chi connectivity index (χ2v) is 4.54. The number of ether oxygens (including phenoxy) is 1. The molecule has 2 rings (SSSR count). The van der Waals surface area contributed by atoms with Crippen LogP contribution in [0.25, 0.3) is 0 Å². The number of hydrogen-bond donors (Lipinski definition) is 2. The summed E-state index contributed by atoms with van der Waals surface area (Å²) in [5, 5.41) is 27.9. The molecule has 1 saturated heterocycles. The van der Waals surface area contributed by atoms with Gasteiger partial charge >= 0.3 is 5.69 Å². The Morgan fingerprint density at radius 1 is 1.72 bits per heavy atom. The molecule has 2 heterocycles. The van der Waals surface area contributed by atoms with E-state index in [9.17, 15) is 15.2 Å². The van der Waals surface area contributed by atoms with Gasteiger partial charge in [0.2, 0.25) is 5.82 Å². The van der Waals surface area contributed by atoms with Gasteiger partial charge in [-0.15, -0.1) is 0 Å². The Kier molecular flexibility index (Phi) is 3.22. The number of anilines is 1. The number of aromatic nitrogens is 2. The van der Waals surface area contributed by atoms with Crippen molar-refractivity contribution in [1.29, 1.82) is 0 Å². The fraction of sp³-hybridized carbons (Fsp3) is 0.700.